The third-order valence-corrected chi connectivity index (χ3v) is 5.22. The second kappa shape index (κ2) is 10.2. The molecular weight excluding hydrogens is 314 g/mol. The monoisotopic (exact) mass is 347 g/mol. The van der Waals surface area contributed by atoms with Crippen LogP contribution in [0.5, 0.6) is 0 Å². The van der Waals surface area contributed by atoms with Crippen molar-refractivity contribution in [1.29, 1.82) is 0 Å². The van der Waals surface area contributed by atoms with Gasteiger partial charge in [-0.2, -0.15) is 0 Å². The molecule has 4 nitrogen and oxygen atoms in total. The van der Waals surface area contributed by atoms with Crippen molar-refractivity contribution < 1.29 is 14.7 Å². The van der Waals surface area contributed by atoms with Gasteiger partial charge in [-0.15, -0.1) is 0 Å². The molecule has 140 valence electrons. The summed E-state index contributed by atoms with van der Waals surface area (Å²) in [7, 11) is 0. The van der Waals surface area contributed by atoms with Crippen LogP contribution in [0, 0.1) is 0 Å². The molecule has 0 aromatic heterocycles. The number of carbonyl (C=O) groups is 2. The molecule has 25 heavy (non-hydrogen) atoms. The molecule has 4 heteroatoms. The molecule has 1 aromatic rings. The summed E-state index contributed by atoms with van der Waals surface area (Å²) in [5, 5.41) is 12.5. The fourth-order valence-corrected chi connectivity index (χ4v) is 3.57. The Hall–Kier alpha value is -1.84. The van der Waals surface area contributed by atoms with E-state index in [4.69, 9.17) is 0 Å². The molecule has 0 radical (unpaired) electrons. The van der Waals surface area contributed by atoms with E-state index < -0.39 is 5.97 Å². The van der Waals surface area contributed by atoms with E-state index in [2.05, 4.69) is 26.1 Å². The topological polar surface area (TPSA) is 66.4 Å². The summed E-state index contributed by atoms with van der Waals surface area (Å²) in [5.41, 5.74) is 1.55. The average Bonchev–Trinajstić information content (AvgIpc) is 2.59. The van der Waals surface area contributed by atoms with Crippen molar-refractivity contribution in [2.75, 3.05) is 5.32 Å². The number of rotatable bonds is 11. The van der Waals surface area contributed by atoms with Crippen molar-refractivity contribution in [3.8, 4) is 0 Å². The second-order valence-electron chi connectivity index (χ2n) is 6.78. The smallest absolute Gasteiger partial charge is 0.337 e. The van der Waals surface area contributed by atoms with Gasteiger partial charge in [-0.3, -0.25) is 4.79 Å². The number of unbranched alkanes of at least 4 members (excludes halogenated alkanes) is 2. The summed E-state index contributed by atoms with van der Waals surface area (Å²) in [6.07, 6.45) is 7.41. The lowest BCUT2D eigenvalue weighted by Crippen LogP contribution is -2.28. The van der Waals surface area contributed by atoms with E-state index >= 15 is 0 Å². The minimum atomic E-state index is -0.997. The summed E-state index contributed by atoms with van der Waals surface area (Å²) < 4.78 is 0. The lowest BCUT2D eigenvalue weighted by molar-refractivity contribution is -0.116. The van der Waals surface area contributed by atoms with Gasteiger partial charge in [-0.05, 0) is 42.7 Å². The number of para-hydroxylation sites is 1. The fourth-order valence-electron chi connectivity index (χ4n) is 3.57. The molecule has 0 aliphatic carbocycles. The Morgan fingerprint density at radius 2 is 1.72 bits per heavy atom. The molecule has 1 rings (SSSR count). The molecule has 0 aliphatic heterocycles. The van der Waals surface area contributed by atoms with Gasteiger partial charge in [0.25, 0.3) is 0 Å². The van der Waals surface area contributed by atoms with Crippen LogP contribution in [0.25, 0.3) is 0 Å². The van der Waals surface area contributed by atoms with E-state index in [1.54, 1.807) is 12.1 Å². The lowest BCUT2D eigenvalue weighted by atomic mass is 9.71. The van der Waals surface area contributed by atoms with Crippen LogP contribution >= 0.6 is 0 Å². The molecule has 0 saturated heterocycles. The maximum absolute atomic E-state index is 12.2. The minimum Gasteiger partial charge on any atom is -0.478 e. The van der Waals surface area contributed by atoms with Gasteiger partial charge < -0.3 is 10.4 Å². The van der Waals surface area contributed by atoms with E-state index in [-0.39, 0.29) is 16.9 Å². The highest BCUT2D eigenvalue weighted by Crippen LogP contribution is 2.42. The number of amides is 1. The number of aromatic carboxylic acids is 1. The van der Waals surface area contributed by atoms with Gasteiger partial charge in [0.15, 0.2) is 0 Å². The first kappa shape index (κ1) is 21.2. The Morgan fingerprint density at radius 1 is 1.04 bits per heavy atom. The molecule has 0 fully saturated rings. The first-order chi connectivity index (χ1) is 12.0. The Labute approximate surface area is 152 Å². The highest BCUT2D eigenvalue weighted by atomic mass is 16.4. The molecular formula is C21H33NO3. The third kappa shape index (κ3) is 5.32. The third-order valence-electron chi connectivity index (χ3n) is 5.22. The number of benzene rings is 1. The van der Waals surface area contributed by atoms with Crippen molar-refractivity contribution in [2.24, 2.45) is 0 Å². The molecule has 0 aliphatic rings. The van der Waals surface area contributed by atoms with E-state index in [1.165, 1.54) is 0 Å². The van der Waals surface area contributed by atoms with Gasteiger partial charge in [0, 0.05) is 6.42 Å². The van der Waals surface area contributed by atoms with E-state index in [0.29, 0.717) is 12.1 Å². The van der Waals surface area contributed by atoms with E-state index in [9.17, 15) is 14.7 Å². The highest BCUT2D eigenvalue weighted by molar-refractivity contribution is 6.01. The van der Waals surface area contributed by atoms with Gasteiger partial charge in [-0.25, -0.2) is 4.79 Å². The van der Waals surface area contributed by atoms with Crippen LogP contribution in [0.15, 0.2) is 18.2 Å². The average molecular weight is 347 g/mol. The van der Waals surface area contributed by atoms with Crippen molar-refractivity contribution in [1.82, 2.24) is 0 Å². The molecule has 0 bridgehead atoms. The zero-order chi connectivity index (χ0) is 18.9. The minimum absolute atomic E-state index is 0.102. The Balaban J connectivity index is 3.40. The van der Waals surface area contributed by atoms with Crippen molar-refractivity contribution in [3.63, 3.8) is 0 Å². The van der Waals surface area contributed by atoms with Crippen molar-refractivity contribution in [2.45, 2.75) is 84.5 Å². The van der Waals surface area contributed by atoms with Gasteiger partial charge in [0.05, 0.1) is 11.3 Å². The Bertz CT molecular complexity index is 577. The lowest BCUT2D eigenvalue weighted by Gasteiger charge is -2.35. The summed E-state index contributed by atoms with van der Waals surface area (Å²) in [4.78, 5) is 23.9. The number of hydrogen-bond acceptors (Lipinski definition) is 2. The summed E-state index contributed by atoms with van der Waals surface area (Å²) >= 11 is 0. The zero-order valence-corrected chi connectivity index (χ0v) is 16.2. The zero-order valence-electron chi connectivity index (χ0n) is 16.2. The van der Waals surface area contributed by atoms with Crippen LogP contribution < -0.4 is 5.32 Å². The molecule has 0 heterocycles. The number of carbonyl (C=O) groups excluding carboxylic acids is 1. The quantitative estimate of drug-likeness (QED) is 0.500. The number of hydrogen-bond donors (Lipinski definition) is 2. The molecule has 2 N–H and O–H groups in total. The number of carboxylic acid groups (broad SMARTS) is 1. The molecule has 1 aromatic carbocycles. The van der Waals surface area contributed by atoms with Gasteiger partial charge in [0.2, 0.25) is 5.91 Å². The maximum atomic E-state index is 12.2. The largest absolute Gasteiger partial charge is 0.478 e. The number of anilines is 1. The van der Waals surface area contributed by atoms with Crippen molar-refractivity contribution >= 4 is 17.6 Å². The molecule has 0 unspecified atom stereocenters. The van der Waals surface area contributed by atoms with Crippen LogP contribution in [0.3, 0.4) is 0 Å². The second-order valence-corrected chi connectivity index (χ2v) is 6.78. The van der Waals surface area contributed by atoms with E-state index in [0.717, 1.165) is 50.5 Å². The standard InChI is InChI=1S/C21H33NO3/c1-5-9-10-15-21(7-3,8-4)17-14-11-13-16(20(24)25)19(17)22-18(23)12-6-2/h11,13-14H,5-10,12,15H2,1-4H3,(H,22,23)(H,24,25). The summed E-state index contributed by atoms with van der Waals surface area (Å²) in [5.74, 6) is -1.12. The van der Waals surface area contributed by atoms with Gasteiger partial charge in [-0.1, -0.05) is 59.1 Å². The normalized spacial score (nSPS) is 11.4. The van der Waals surface area contributed by atoms with Crippen LogP contribution in [-0.4, -0.2) is 17.0 Å². The predicted molar refractivity (Wildman–Crippen MR) is 103 cm³/mol. The SMILES string of the molecule is CCCCCC(CC)(CC)c1cccc(C(=O)O)c1NC(=O)CCC. The molecule has 0 spiro atoms. The molecule has 0 saturated carbocycles. The van der Waals surface area contributed by atoms with E-state index in [1.807, 2.05) is 13.0 Å². The Kier molecular flexibility index (Phi) is 8.67. The number of carboxylic acids is 1. The van der Waals surface area contributed by atoms with Crippen molar-refractivity contribution in [3.05, 3.63) is 29.3 Å². The predicted octanol–water partition coefficient (Wildman–Crippen LogP) is 5.76. The van der Waals surface area contributed by atoms with Gasteiger partial charge in [0.1, 0.15) is 0 Å². The molecule has 0 atom stereocenters. The van der Waals surface area contributed by atoms with Gasteiger partial charge >= 0.3 is 5.97 Å². The van der Waals surface area contributed by atoms with Crippen LogP contribution in [0.2, 0.25) is 0 Å². The summed E-state index contributed by atoms with van der Waals surface area (Å²) in [6, 6.07) is 5.37. The van der Waals surface area contributed by atoms with Crippen LogP contribution in [0.1, 0.15) is 95.0 Å². The maximum Gasteiger partial charge on any atom is 0.337 e. The fraction of sp³-hybridized carbons (Fsp3) is 0.619. The summed E-state index contributed by atoms with van der Waals surface area (Å²) in [6.45, 7) is 8.43. The highest BCUT2D eigenvalue weighted by Gasteiger charge is 2.32. The Morgan fingerprint density at radius 3 is 2.24 bits per heavy atom. The number of nitrogens with one attached hydrogen (secondary N) is 1. The first-order valence-corrected chi connectivity index (χ1v) is 9.62. The molecule has 1 amide bonds. The van der Waals surface area contributed by atoms with Crippen LogP contribution in [0.4, 0.5) is 5.69 Å². The van der Waals surface area contributed by atoms with Crippen LogP contribution in [-0.2, 0) is 10.2 Å². The first-order valence-electron chi connectivity index (χ1n) is 9.62.